The number of carbonyl (C=O) groups is 3. The van der Waals surface area contributed by atoms with E-state index in [9.17, 15) is 36.3 Å². The Hall–Kier alpha value is -3.73. The molecule has 1 aromatic heterocycles. The predicted octanol–water partition coefficient (Wildman–Crippen LogP) is 5.53. The Morgan fingerprint density at radius 2 is 1.72 bits per heavy atom. The van der Waals surface area contributed by atoms with Crippen molar-refractivity contribution in [3.05, 3.63) is 87.2 Å². The van der Waals surface area contributed by atoms with Gasteiger partial charge in [-0.1, -0.05) is 18.5 Å². The minimum Gasteiger partial charge on any atom is -0.364 e. The standard InChI is InChI=1S/C24H19ClF5N3O3/c1-11(34)10-33-20(22(31)35)9-19(21(33)12(2)17-8-15(26)3-4-18(17)25)32-23(36)13-5-14(24(28,29)30)7-16(27)6-13/h3-9,12H,10H2,1-2H3,(H2,31,35)(H,32,36)/t12-/m1/s1. The molecule has 2 amide bonds. The SMILES string of the molecule is CC(=O)Cn1c(C(N)=O)cc(NC(=O)c2cc(F)cc(C(F)(F)F)c2)c1[C@H](C)c1cc(F)ccc1Cl. The largest absolute Gasteiger partial charge is 0.416 e. The van der Waals surface area contributed by atoms with Gasteiger partial charge in [-0.3, -0.25) is 14.4 Å². The molecule has 3 aromatic rings. The van der Waals surface area contributed by atoms with Gasteiger partial charge in [-0.15, -0.1) is 0 Å². The number of aromatic nitrogens is 1. The van der Waals surface area contributed by atoms with Gasteiger partial charge in [0.2, 0.25) is 0 Å². The highest BCUT2D eigenvalue weighted by molar-refractivity contribution is 6.31. The Bertz CT molecular complexity index is 1370. The molecule has 0 spiro atoms. The van der Waals surface area contributed by atoms with Crippen LogP contribution in [-0.2, 0) is 17.5 Å². The molecule has 0 saturated heterocycles. The summed E-state index contributed by atoms with van der Waals surface area (Å²) >= 11 is 6.23. The van der Waals surface area contributed by atoms with Gasteiger partial charge in [0.05, 0.1) is 17.8 Å². The highest BCUT2D eigenvalue weighted by Gasteiger charge is 2.32. The van der Waals surface area contributed by atoms with E-state index in [0.717, 1.165) is 18.2 Å². The van der Waals surface area contributed by atoms with Gasteiger partial charge in [0.1, 0.15) is 23.1 Å². The molecule has 0 saturated carbocycles. The van der Waals surface area contributed by atoms with Gasteiger partial charge in [-0.25, -0.2) is 8.78 Å². The maximum Gasteiger partial charge on any atom is 0.416 e. The predicted molar refractivity (Wildman–Crippen MR) is 122 cm³/mol. The second-order valence-corrected chi connectivity index (χ2v) is 8.46. The number of anilines is 1. The van der Waals surface area contributed by atoms with E-state index in [1.165, 1.54) is 17.6 Å². The molecule has 190 valence electrons. The van der Waals surface area contributed by atoms with Gasteiger partial charge in [-0.2, -0.15) is 13.2 Å². The average molecular weight is 528 g/mol. The van der Waals surface area contributed by atoms with Crippen LogP contribution in [-0.4, -0.2) is 22.2 Å². The topological polar surface area (TPSA) is 94.2 Å². The summed E-state index contributed by atoms with van der Waals surface area (Å²) in [6, 6.07) is 5.98. The summed E-state index contributed by atoms with van der Waals surface area (Å²) in [5.41, 5.74) is 3.45. The van der Waals surface area contributed by atoms with Gasteiger partial charge in [0.15, 0.2) is 0 Å². The number of benzene rings is 2. The summed E-state index contributed by atoms with van der Waals surface area (Å²) < 4.78 is 68.4. The third-order valence-electron chi connectivity index (χ3n) is 5.34. The van der Waals surface area contributed by atoms with Crippen molar-refractivity contribution in [2.45, 2.75) is 32.5 Å². The van der Waals surface area contributed by atoms with Crippen molar-refractivity contribution in [3.63, 3.8) is 0 Å². The highest BCUT2D eigenvalue weighted by Crippen LogP contribution is 2.37. The van der Waals surface area contributed by atoms with Crippen LogP contribution in [0.4, 0.5) is 27.6 Å². The number of primary amides is 1. The van der Waals surface area contributed by atoms with Crippen molar-refractivity contribution in [2.75, 3.05) is 5.32 Å². The van der Waals surface area contributed by atoms with Crippen molar-refractivity contribution in [2.24, 2.45) is 5.73 Å². The minimum absolute atomic E-state index is 0.104. The number of hydrogen-bond acceptors (Lipinski definition) is 3. The van der Waals surface area contributed by atoms with E-state index in [-0.39, 0.29) is 40.3 Å². The number of amides is 2. The van der Waals surface area contributed by atoms with E-state index in [1.807, 2.05) is 0 Å². The van der Waals surface area contributed by atoms with Crippen LogP contribution in [0.15, 0.2) is 42.5 Å². The lowest BCUT2D eigenvalue weighted by atomic mass is 9.96. The summed E-state index contributed by atoms with van der Waals surface area (Å²) in [5.74, 6) is -5.26. The number of rotatable bonds is 7. The van der Waals surface area contributed by atoms with Crippen LogP contribution in [0.25, 0.3) is 0 Å². The number of carbonyl (C=O) groups excluding carboxylic acids is 3. The number of Topliss-reactive ketones (excluding diaryl/α,β-unsaturated/α-hetero) is 1. The van der Waals surface area contributed by atoms with Crippen molar-refractivity contribution in [3.8, 4) is 0 Å². The summed E-state index contributed by atoms with van der Waals surface area (Å²) in [7, 11) is 0. The lowest BCUT2D eigenvalue weighted by Gasteiger charge is -2.20. The first kappa shape index (κ1) is 26.9. The summed E-state index contributed by atoms with van der Waals surface area (Å²) in [6.45, 7) is 2.42. The third-order valence-corrected chi connectivity index (χ3v) is 5.69. The van der Waals surface area contributed by atoms with Crippen molar-refractivity contribution in [1.82, 2.24) is 4.57 Å². The smallest absolute Gasteiger partial charge is 0.364 e. The number of ketones is 1. The van der Waals surface area contributed by atoms with E-state index in [0.29, 0.717) is 12.1 Å². The summed E-state index contributed by atoms with van der Waals surface area (Å²) in [6.07, 6.45) is -4.91. The third kappa shape index (κ3) is 5.73. The summed E-state index contributed by atoms with van der Waals surface area (Å²) in [4.78, 5) is 36.9. The molecule has 6 nitrogen and oxygen atoms in total. The monoisotopic (exact) mass is 527 g/mol. The molecule has 12 heteroatoms. The van der Waals surface area contributed by atoms with E-state index < -0.39 is 52.5 Å². The lowest BCUT2D eigenvalue weighted by molar-refractivity contribution is -0.137. The quantitative estimate of drug-likeness (QED) is 0.396. The second kappa shape index (κ2) is 10.1. The van der Waals surface area contributed by atoms with E-state index >= 15 is 0 Å². The number of halogens is 6. The maximum atomic E-state index is 14.0. The van der Waals surface area contributed by atoms with Gasteiger partial charge in [-0.05, 0) is 55.0 Å². The molecule has 36 heavy (non-hydrogen) atoms. The van der Waals surface area contributed by atoms with E-state index in [4.69, 9.17) is 17.3 Å². The Morgan fingerprint density at radius 3 is 2.31 bits per heavy atom. The first-order chi connectivity index (χ1) is 16.7. The molecule has 0 unspecified atom stereocenters. The second-order valence-electron chi connectivity index (χ2n) is 8.05. The van der Waals surface area contributed by atoms with Crippen LogP contribution in [0.3, 0.4) is 0 Å². The molecule has 0 radical (unpaired) electrons. The molecule has 1 atom stereocenters. The Labute approximate surface area is 206 Å². The molecule has 0 fully saturated rings. The zero-order valence-electron chi connectivity index (χ0n) is 18.8. The molecule has 1 heterocycles. The maximum absolute atomic E-state index is 14.0. The van der Waals surface area contributed by atoms with Crippen LogP contribution in [0, 0.1) is 11.6 Å². The molecule has 0 aliphatic heterocycles. The summed E-state index contributed by atoms with van der Waals surface area (Å²) in [5, 5.41) is 2.49. The number of nitrogens with two attached hydrogens (primary N) is 1. The Kier molecular flexibility index (Phi) is 7.54. The van der Waals surface area contributed by atoms with E-state index in [1.54, 1.807) is 6.92 Å². The molecule has 3 rings (SSSR count). The number of hydrogen-bond donors (Lipinski definition) is 2. The molecule has 0 aliphatic carbocycles. The van der Waals surface area contributed by atoms with Crippen LogP contribution >= 0.6 is 11.6 Å². The fourth-order valence-electron chi connectivity index (χ4n) is 3.80. The molecule has 3 N–H and O–H groups in total. The minimum atomic E-state index is -4.91. The first-order valence-corrected chi connectivity index (χ1v) is 10.7. The molecule has 2 aromatic carbocycles. The Morgan fingerprint density at radius 1 is 1.06 bits per heavy atom. The Balaban J connectivity index is 2.17. The van der Waals surface area contributed by atoms with Crippen LogP contribution in [0.1, 0.15) is 57.4 Å². The number of nitrogens with one attached hydrogen (secondary N) is 1. The fourth-order valence-corrected chi connectivity index (χ4v) is 4.08. The van der Waals surface area contributed by atoms with Gasteiger partial charge in [0, 0.05) is 22.2 Å². The lowest BCUT2D eigenvalue weighted by Crippen LogP contribution is -2.22. The number of alkyl halides is 3. The molecular formula is C24H19ClF5N3O3. The van der Waals surface area contributed by atoms with Crippen LogP contribution in [0.2, 0.25) is 5.02 Å². The average Bonchev–Trinajstić information content (AvgIpc) is 3.11. The molecule has 0 bridgehead atoms. The van der Waals surface area contributed by atoms with Gasteiger partial charge < -0.3 is 15.6 Å². The van der Waals surface area contributed by atoms with E-state index in [2.05, 4.69) is 5.32 Å². The number of nitrogens with zero attached hydrogens (tertiary/aromatic N) is 1. The van der Waals surface area contributed by atoms with Gasteiger partial charge in [0.25, 0.3) is 11.8 Å². The first-order valence-electron chi connectivity index (χ1n) is 10.4. The van der Waals surface area contributed by atoms with Gasteiger partial charge >= 0.3 is 6.18 Å². The molecule has 0 aliphatic rings. The van der Waals surface area contributed by atoms with Crippen LogP contribution in [0.5, 0.6) is 0 Å². The zero-order valence-corrected chi connectivity index (χ0v) is 19.6. The molecular weight excluding hydrogens is 509 g/mol. The van der Waals surface area contributed by atoms with Crippen LogP contribution < -0.4 is 11.1 Å². The van der Waals surface area contributed by atoms with Crippen molar-refractivity contribution < 1.29 is 36.3 Å². The fraction of sp³-hybridized carbons (Fsp3) is 0.208. The van der Waals surface area contributed by atoms with Crippen molar-refractivity contribution >= 4 is 34.9 Å². The highest BCUT2D eigenvalue weighted by atomic mass is 35.5. The van der Waals surface area contributed by atoms with Crippen molar-refractivity contribution in [1.29, 1.82) is 0 Å². The zero-order chi connectivity index (χ0) is 26.9. The normalized spacial score (nSPS) is 12.3.